The summed E-state index contributed by atoms with van der Waals surface area (Å²) in [6.45, 7) is 3.84. The van der Waals surface area contributed by atoms with E-state index in [0.29, 0.717) is 16.5 Å². The van der Waals surface area contributed by atoms with E-state index in [0.717, 1.165) is 22.6 Å². The number of aromatic nitrogens is 1. The zero-order valence-electron chi connectivity index (χ0n) is 17.8. The SMILES string of the molecule is COc1cc([N+](=O)[O-])ccc1-n1c(C)cc(/C=N\NC(=O)CNc2ccc(Cl)cc2)c1C. The lowest BCUT2D eigenvalue weighted by molar-refractivity contribution is -0.384. The van der Waals surface area contributed by atoms with Crippen LogP contribution in [0.2, 0.25) is 5.02 Å². The summed E-state index contributed by atoms with van der Waals surface area (Å²) in [7, 11) is 1.46. The van der Waals surface area contributed by atoms with Crippen molar-refractivity contribution in [3.63, 3.8) is 0 Å². The van der Waals surface area contributed by atoms with Crippen molar-refractivity contribution in [3.05, 3.63) is 80.6 Å². The molecule has 0 radical (unpaired) electrons. The Balaban J connectivity index is 1.71. The highest BCUT2D eigenvalue weighted by Crippen LogP contribution is 2.31. The molecule has 2 N–H and O–H groups in total. The van der Waals surface area contributed by atoms with Crippen LogP contribution in [0.4, 0.5) is 11.4 Å². The second-order valence-electron chi connectivity index (χ2n) is 6.93. The maximum Gasteiger partial charge on any atom is 0.273 e. The average Bonchev–Trinajstić information content (AvgIpc) is 3.05. The molecule has 3 rings (SSSR count). The van der Waals surface area contributed by atoms with Crippen molar-refractivity contribution in [2.75, 3.05) is 19.0 Å². The zero-order valence-corrected chi connectivity index (χ0v) is 18.5. The molecule has 0 saturated carbocycles. The van der Waals surface area contributed by atoms with Crippen LogP contribution in [-0.4, -0.2) is 35.3 Å². The molecule has 0 aliphatic heterocycles. The van der Waals surface area contributed by atoms with Crippen LogP contribution < -0.4 is 15.5 Å². The van der Waals surface area contributed by atoms with Gasteiger partial charge in [0.25, 0.3) is 11.6 Å². The Morgan fingerprint density at radius 3 is 2.59 bits per heavy atom. The predicted molar refractivity (Wildman–Crippen MR) is 124 cm³/mol. The van der Waals surface area contributed by atoms with Crippen molar-refractivity contribution < 1.29 is 14.5 Å². The number of anilines is 1. The van der Waals surface area contributed by atoms with Gasteiger partial charge in [0, 0.05) is 33.7 Å². The number of carbonyl (C=O) groups is 1. The first-order chi connectivity index (χ1) is 15.3. The van der Waals surface area contributed by atoms with Gasteiger partial charge in [0.05, 0.1) is 36.5 Å². The van der Waals surface area contributed by atoms with Crippen molar-refractivity contribution in [3.8, 4) is 11.4 Å². The maximum atomic E-state index is 12.0. The molecule has 1 amide bonds. The number of nitrogens with zero attached hydrogens (tertiary/aromatic N) is 3. The van der Waals surface area contributed by atoms with Gasteiger partial charge in [0.15, 0.2) is 0 Å². The summed E-state index contributed by atoms with van der Waals surface area (Å²) in [5.41, 5.74) is 6.38. The van der Waals surface area contributed by atoms with Gasteiger partial charge in [-0.3, -0.25) is 14.9 Å². The van der Waals surface area contributed by atoms with Gasteiger partial charge in [0.2, 0.25) is 0 Å². The average molecular weight is 456 g/mol. The van der Waals surface area contributed by atoms with Crippen LogP contribution in [0.15, 0.2) is 53.6 Å². The lowest BCUT2D eigenvalue weighted by Gasteiger charge is -2.13. The summed E-state index contributed by atoms with van der Waals surface area (Å²) >= 11 is 5.84. The van der Waals surface area contributed by atoms with Crippen molar-refractivity contribution in [2.24, 2.45) is 5.10 Å². The molecule has 0 spiro atoms. The molecule has 32 heavy (non-hydrogen) atoms. The highest BCUT2D eigenvalue weighted by molar-refractivity contribution is 6.30. The van der Waals surface area contributed by atoms with Gasteiger partial charge in [0.1, 0.15) is 5.75 Å². The van der Waals surface area contributed by atoms with Gasteiger partial charge >= 0.3 is 0 Å². The largest absolute Gasteiger partial charge is 0.494 e. The lowest BCUT2D eigenvalue weighted by atomic mass is 10.2. The van der Waals surface area contributed by atoms with Crippen molar-refractivity contribution in [1.29, 1.82) is 0 Å². The number of methoxy groups -OCH3 is 1. The number of hydrogen-bond donors (Lipinski definition) is 2. The molecule has 0 aliphatic carbocycles. The van der Waals surface area contributed by atoms with E-state index in [9.17, 15) is 14.9 Å². The number of carbonyl (C=O) groups excluding carboxylic acids is 1. The molecule has 9 nitrogen and oxygen atoms in total. The van der Waals surface area contributed by atoms with E-state index in [1.54, 1.807) is 36.5 Å². The molecule has 0 aliphatic rings. The second-order valence-corrected chi connectivity index (χ2v) is 7.37. The highest BCUT2D eigenvalue weighted by Gasteiger charge is 2.17. The lowest BCUT2D eigenvalue weighted by Crippen LogP contribution is -2.25. The molecule has 0 atom stereocenters. The van der Waals surface area contributed by atoms with Crippen LogP contribution in [0.3, 0.4) is 0 Å². The van der Waals surface area contributed by atoms with Gasteiger partial charge < -0.3 is 14.6 Å². The summed E-state index contributed by atoms with van der Waals surface area (Å²) in [5, 5.41) is 18.7. The van der Waals surface area contributed by atoms with Crippen LogP contribution in [0.25, 0.3) is 5.69 Å². The van der Waals surface area contributed by atoms with Crippen molar-refractivity contribution >= 4 is 35.1 Å². The highest BCUT2D eigenvalue weighted by atomic mass is 35.5. The number of benzene rings is 2. The van der Waals surface area contributed by atoms with E-state index < -0.39 is 4.92 Å². The van der Waals surface area contributed by atoms with E-state index >= 15 is 0 Å². The number of nitrogens with one attached hydrogen (secondary N) is 2. The smallest absolute Gasteiger partial charge is 0.273 e. The fourth-order valence-electron chi connectivity index (χ4n) is 3.22. The van der Waals surface area contributed by atoms with Crippen LogP contribution in [-0.2, 0) is 4.79 Å². The normalized spacial score (nSPS) is 10.9. The summed E-state index contributed by atoms with van der Waals surface area (Å²) in [4.78, 5) is 22.6. The number of nitro groups is 1. The van der Waals surface area contributed by atoms with E-state index in [1.165, 1.54) is 19.2 Å². The molecule has 10 heteroatoms. The Kier molecular flexibility index (Phi) is 7.11. The molecule has 0 saturated heterocycles. The van der Waals surface area contributed by atoms with Gasteiger partial charge in [-0.05, 0) is 50.2 Å². The third-order valence-electron chi connectivity index (χ3n) is 4.78. The van der Waals surface area contributed by atoms with Gasteiger partial charge in [-0.25, -0.2) is 5.43 Å². The molecule has 0 bridgehead atoms. The first kappa shape index (κ1) is 22.8. The summed E-state index contributed by atoms with van der Waals surface area (Å²) in [6, 6.07) is 13.4. The third-order valence-corrected chi connectivity index (χ3v) is 5.03. The van der Waals surface area contributed by atoms with Gasteiger partial charge in [-0.15, -0.1) is 0 Å². The Morgan fingerprint density at radius 2 is 1.94 bits per heavy atom. The van der Waals surface area contributed by atoms with Crippen LogP contribution in [0, 0.1) is 24.0 Å². The minimum atomic E-state index is -0.468. The zero-order chi connectivity index (χ0) is 23.3. The minimum absolute atomic E-state index is 0.0511. The van der Waals surface area contributed by atoms with E-state index in [-0.39, 0.29) is 18.1 Å². The molecule has 2 aromatic carbocycles. The fourth-order valence-corrected chi connectivity index (χ4v) is 3.34. The van der Waals surface area contributed by atoms with Crippen molar-refractivity contribution in [1.82, 2.24) is 9.99 Å². The Morgan fingerprint density at radius 1 is 1.22 bits per heavy atom. The third kappa shape index (κ3) is 5.25. The van der Waals surface area contributed by atoms with Crippen LogP contribution >= 0.6 is 11.6 Å². The van der Waals surface area contributed by atoms with Gasteiger partial charge in [-0.2, -0.15) is 5.10 Å². The number of rotatable bonds is 8. The summed E-state index contributed by atoms with van der Waals surface area (Å²) in [6.07, 6.45) is 1.55. The molecule has 1 aromatic heterocycles. The number of amides is 1. The quantitative estimate of drug-likeness (QED) is 0.300. The number of hydrogen-bond acceptors (Lipinski definition) is 6. The number of hydrazone groups is 1. The second kappa shape index (κ2) is 9.97. The molecule has 3 aromatic rings. The molecule has 166 valence electrons. The number of aryl methyl sites for hydroxylation is 1. The predicted octanol–water partition coefficient (Wildman–Crippen LogP) is 4.23. The van der Waals surface area contributed by atoms with E-state index in [4.69, 9.17) is 16.3 Å². The Bertz CT molecular complexity index is 1170. The number of non-ortho nitro benzene ring substituents is 1. The first-order valence-electron chi connectivity index (χ1n) is 9.63. The van der Waals surface area contributed by atoms with Crippen LogP contribution in [0.1, 0.15) is 17.0 Å². The maximum absolute atomic E-state index is 12.0. The Labute approximate surface area is 189 Å². The number of nitro benzene ring substituents is 1. The molecular weight excluding hydrogens is 434 g/mol. The monoisotopic (exact) mass is 455 g/mol. The molecule has 0 unspecified atom stereocenters. The molecule has 0 fully saturated rings. The number of halogens is 1. The van der Waals surface area contributed by atoms with Crippen LogP contribution in [0.5, 0.6) is 5.75 Å². The number of ether oxygens (including phenoxy) is 1. The minimum Gasteiger partial charge on any atom is -0.494 e. The first-order valence-corrected chi connectivity index (χ1v) is 10.0. The van der Waals surface area contributed by atoms with E-state index in [2.05, 4.69) is 15.8 Å². The van der Waals surface area contributed by atoms with Crippen molar-refractivity contribution in [2.45, 2.75) is 13.8 Å². The summed E-state index contributed by atoms with van der Waals surface area (Å²) in [5.74, 6) is 0.0770. The molecule has 1 heterocycles. The summed E-state index contributed by atoms with van der Waals surface area (Å²) < 4.78 is 7.27. The topological polar surface area (TPSA) is 111 Å². The molecular formula is C22H22ClN5O4. The van der Waals surface area contributed by atoms with E-state index in [1.807, 2.05) is 24.5 Å². The van der Waals surface area contributed by atoms with Gasteiger partial charge in [-0.1, -0.05) is 11.6 Å². The standard InChI is InChI=1S/C22H22ClN5O4/c1-14-10-16(12-25-26-22(29)13-24-18-6-4-17(23)5-7-18)15(2)27(14)20-9-8-19(28(30)31)11-21(20)32-3/h4-12,24H,13H2,1-3H3,(H,26,29)/b25-12-. The fraction of sp³-hybridized carbons (Fsp3) is 0.182. The Hall–Kier alpha value is -3.85.